The maximum absolute atomic E-state index is 11.0. The van der Waals surface area contributed by atoms with Gasteiger partial charge in [-0.05, 0) is 23.3 Å². The largest absolute Gasteiger partial charge is 0.375 e. The van der Waals surface area contributed by atoms with Crippen molar-refractivity contribution in [1.82, 2.24) is 0 Å². The van der Waals surface area contributed by atoms with Gasteiger partial charge in [-0.3, -0.25) is 10.1 Å². The van der Waals surface area contributed by atoms with E-state index in [1.54, 1.807) is 0 Å². The highest BCUT2D eigenvalue weighted by atomic mass is 16.6. The number of benzene rings is 2. The minimum absolute atomic E-state index is 0.0485. The number of nitro groups is 1. The zero-order valence-corrected chi connectivity index (χ0v) is 11.2. The van der Waals surface area contributed by atoms with Crippen molar-refractivity contribution in [2.75, 3.05) is 5.32 Å². The standard InChI is InChI=1S/C15H14N4O2/c16-8-11-1-3-12(4-2-11)10-18-14-7-13(9-17)5-6-15(14)19(20)21/h1-7,18H,8,10,16H2. The maximum Gasteiger partial charge on any atom is 0.292 e. The van der Waals surface area contributed by atoms with Crippen molar-refractivity contribution in [1.29, 1.82) is 5.26 Å². The van der Waals surface area contributed by atoms with Crippen LogP contribution in [0.1, 0.15) is 16.7 Å². The Morgan fingerprint density at radius 1 is 1.19 bits per heavy atom. The highest BCUT2D eigenvalue weighted by Crippen LogP contribution is 2.25. The fourth-order valence-electron chi connectivity index (χ4n) is 1.90. The van der Waals surface area contributed by atoms with E-state index in [2.05, 4.69) is 5.32 Å². The van der Waals surface area contributed by atoms with Crippen LogP contribution in [0.2, 0.25) is 0 Å². The summed E-state index contributed by atoms with van der Waals surface area (Å²) in [5.74, 6) is 0. The second-order valence-corrected chi connectivity index (χ2v) is 4.48. The number of nitrogens with one attached hydrogen (secondary N) is 1. The predicted octanol–water partition coefficient (Wildman–Crippen LogP) is 2.54. The van der Waals surface area contributed by atoms with Gasteiger partial charge in [0.05, 0.1) is 16.6 Å². The summed E-state index contributed by atoms with van der Waals surface area (Å²) >= 11 is 0. The van der Waals surface area contributed by atoms with Gasteiger partial charge in [-0.1, -0.05) is 24.3 Å². The van der Waals surface area contributed by atoms with Crippen molar-refractivity contribution in [3.63, 3.8) is 0 Å². The van der Waals surface area contributed by atoms with Crippen molar-refractivity contribution < 1.29 is 4.92 Å². The quantitative estimate of drug-likeness (QED) is 0.647. The van der Waals surface area contributed by atoms with E-state index >= 15 is 0 Å². The van der Waals surface area contributed by atoms with E-state index in [9.17, 15) is 10.1 Å². The Morgan fingerprint density at radius 2 is 1.86 bits per heavy atom. The minimum atomic E-state index is -0.471. The van der Waals surface area contributed by atoms with Gasteiger partial charge in [0.1, 0.15) is 5.69 Å². The lowest BCUT2D eigenvalue weighted by Gasteiger charge is -2.08. The van der Waals surface area contributed by atoms with Crippen LogP contribution in [-0.2, 0) is 13.1 Å². The van der Waals surface area contributed by atoms with Gasteiger partial charge in [0, 0.05) is 19.2 Å². The van der Waals surface area contributed by atoms with E-state index in [-0.39, 0.29) is 5.69 Å². The highest BCUT2D eigenvalue weighted by Gasteiger charge is 2.13. The molecule has 21 heavy (non-hydrogen) atoms. The molecule has 0 heterocycles. The Kier molecular flexibility index (Phi) is 4.49. The van der Waals surface area contributed by atoms with Crippen LogP contribution in [-0.4, -0.2) is 4.92 Å². The molecule has 0 amide bonds. The van der Waals surface area contributed by atoms with Gasteiger partial charge in [0.25, 0.3) is 5.69 Å². The van der Waals surface area contributed by atoms with Gasteiger partial charge in [0.15, 0.2) is 0 Å². The van der Waals surface area contributed by atoms with Crippen molar-refractivity contribution in [2.24, 2.45) is 5.73 Å². The first kappa shape index (κ1) is 14.5. The zero-order chi connectivity index (χ0) is 15.2. The predicted molar refractivity (Wildman–Crippen MR) is 79.5 cm³/mol. The molecule has 0 radical (unpaired) electrons. The van der Waals surface area contributed by atoms with Crippen LogP contribution in [0.3, 0.4) is 0 Å². The summed E-state index contributed by atoms with van der Waals surface area (Å²) in [5, 5.41) is 22.9. The van der Waals surface area contributed by atoms with E-state index in [4.69, 9.17) is 11.0 Å². The molecule has 0 saturated carbocycles. The number of nitriles is 1. The van der Waals surface area contributed by atoms with E-state index in [0.717, 1.165) is 11.1 Å². The number of nitro benzene ring substituents is 1. The van der Waals surface area contributed by atoms with Crippen molar-refractivity contribution >= 4 is 11.4 Å². The van der Waals surface area contributed by atoms with E-state index < -0.39 is 4.92 Å². The molecule has 0 aliphatic carbocycles. The van der Waals surface area contributed by atoms with Gasteiger partial charge in [-0.15, -0.1) is 0 Å². The first-order chi connectivity index (χ1) is 10.1. The Morgan fingerprint density at radius 3 is 2.43 bits per heavy atom. The summed E-state index contributed by atoms with van der Waals surface area (Å²) < 4.78 is 0. The fourth-order valence-corrected chi connectivity index (χ4v) is 1.90. The number of hydrogen-bond acceptors (Lipinski definition) is 5. The molecular formula is C15H14N4O2. The fraction of sp³-hybridized carbons (Fsp3) is 0.133. The number of nitrogens with zero attached hydrogens (tertiary/aromatic N) is 2. The topological polar surface area (TPSA) is 105 Å². The van der Waals surface area contributed by atoms with Crippen LogP contribution in [0, 0.1) is 21.4 Å². The number of hydrogen-bond donors (Lipinski definition) is 2. The minimum Gasteiger partial charge on any atom is -0.375 e. The van der Waals surface area contributed by atoms with Crippen LogP contribution in [0.4, 0.5) is 11.4 Å². The summed E-state index contributed by atoms with van der Waals surface area (Å²) in [5.41, 5.74) is 8.19. The molecule has 2 aromatic rings. The Bertz CT molecular complexity index is 690. The van der Waals surface area contributed by atoms with E-state index in [0.29, 0.717) is 24.3 Å². The molecule has 0 aromatic heterocycles. The molecule has 6 heteroatoms. The lowest BCUT2D eigenvalue weighted by atomic mass is 10.1. The second kappa shape index (κ2) is 6.50. The third-order valence-corrected chi connectivity index (χ3v) is 3.06. The van der Waals surface area contributed by atoms with Crippen molar-refractivity contribution in [2.45, 2.75) is 13.1 Å². The smallest absolute Gasteiger partial charge is 0.292 e. The summed E-state index contributed by atoms with van der Waals surface area (Å²) in [7, 11) is 0. The Labute approximate surface area is 122 Å². The van der Waals surface area contributed by atoms with E-state index in [1.807, 2.05) is 30.3 Å². The molecule has 106 valence electrons. The molecule has 0 saturated heterocycles. The highest BCUT2D eigenvalue weighted by molar-refractivity contribution is 5.64. The van der Waals surface area contributed by atoms with Crippen molar-refractivity contribution in [3.8, 4) is 6.07 Å². The average Bonchev–Trinajstić information content (AvgIpc) is 2.52. The maximum atomic E-state index is 11.0. The molecule has 2 aromatic carbocycles. The number of nitrogens with two attached hydrogens (primary N) is 1. The lowest BCUT2D eigenvalue weighted by molar-refractivity contribution is -0.384. The first-order valence-corrected chi connectivity index (χ1v) is 6.34. The first-order valence-electron chi connectivity index (χ1n) is 6.34. The van der Waals surface area contributed by atoms with Gasteiger partial charge in [-0.25, -0.2) is 0 Å². The molecular weight excluding hydrogens is 268 g/mol. The van der Waals surface area contributed by atoms with Crippen LogP contribution < -0.4 is 11.1 Å². The molecule has 0 fully saturated rings. The van der Waals surface area contributed by atoms with Crippen molar-refractivity contribution in [3.05, 3.63) is 69.3 Å². The molecule has 0 aliphatic heterocycles. The van der Waals surface area contributed by atoms with Crippen LogP contribution in [0.15, 0.2) is 42.5 Å². The summed E-state index contributed by atoms with van der Waals surface area (Å²) in [6.07, 6.45) is 0. The van der Waals surface area contributed by atoms with Crippen LogP contribution in [0.5, 0.6) is 0 Å². The molecule has 3 N–H and O–H groups in total. The molecule has 0 unspecified atom stereocenters. The number of anilines is 1. The monoisotopic (exact) mass is 282 g/mol. The van der Waals surface area contributed by atoms with E-state index in [1.165, 1.54) is 18.2 Å². The Hall–Kier alpha value is -2.91. The lowest BCUT2D eigenvalue weighted by Crippen LogP contribution is -2.03. The molecule has 0 aliphatic rings. The zero-order valence-electron chi connectivity index (χ0n) is 11.2. The summed E-state index contributed by atoms with van der Waals surface area (Å²) in [6, 6.07) is 13.9. The Balaban J connectivity index is 2.18. The molecule has 6 nitrogen and oxygen atoms in total. The van der Waals surface area contributed by atoms with Gasteiger partial charge in [-0.2, -0.15) is 5.26 Å². The van der Waals surface area contributed by atoms with Crippen LogP contribution in [0.25, 0.3) is 0 Å². The van der Waals surface area contributed by atoms with Crippen LogP contribution >= 0.6 is 0 Å². The third kappa shape index (κ3) is 3.55. The SMILES string of the molecule is N#Cc1ccc([N+](=O)[O-])c(NCc2ccc(CN)cc2)c1. The number of rotatable bonds is 5. The molecule has 0 atom stereocenters. The van der Waals surface area contributed by atoms with Gasteiger partial charge < -0.3 is 11.1 Å². The summed E-state index contributed by atoms with van der Waals surface area (Å²) in [6.45, 7) is 0.907. The normalized spacial score (nSPS) is 9.90. The molecule has 2 rings (SSSR count). The third-order valence-electron chi connectivity index (χ3n) is 3.06. The molecule has 0 bridgehead atoms. The van der Waals surface area contributed by atoms with Gasteiger partial charge >= 0.3 is 0 Å². The van der Waals surface area contributed by atoms with Gasteiger partial charge in [0.2, 0.25) is 0 Å². The average molecular weight is 282 g/mol. The summed E-state index contributed by atoms with van der Waals surface area (Å²) in [4.78, 5) is 10.5. The molecule has 0 spiro atoms. The second-order valence-electron chi connectivity index (χ2n) is 4.48.